The van der Waals surface area contributed by atoms with E-state index >= 15 is 0 Å². The van der Waals surface area contributed by atoms with Crippen molar-refractivity contribution in [1.29, 1.82) is 0 Å². The first-order valence-corrected chi connectivity index (χ1v) is 6.43. The summed E-state index contributed by atoms with van der Waals surface area (Å²) in [5.74, 6) is 0.0796. The Labute approximate surface area is 102 Å². The summed E-state index contributed by atoms with van der Waals surface area (Å²) in [7, 11) is 1.94. The van der Waals surface area contributed by atoms with Gasteiger partial charge in [0.05, 0.1) is 0 Å². The van der Waals surface area contributed by atoms with Crippen LogP contribution >= 0.6 is 0 Å². The summed E-state index contributed by atoms with van der Waals surface area (Å²) in [6.07, 6.45) is 3.33. The third-order valence-electron chi connectivity index (χ3n) is 3.74. The zero-order valence-electron chi connectivity index (χ0n) is 10.4. The van der Waals surface area contributed by atoms with E-state index in [1.165, 1.54) is 0 Å². The van der Waals surface area contributed by atoms with Gasteiger partial charge < -0.3 is 15.5 Å². The summed E-state index contributed by atoms with van der Waals surface area (Å²) in [5, 5.41) is 5.99. The predicted molar refractivity (Wildman–Crippen MR) is 64.4 cm³/mol. The van der Waals surface area contributed by atoms with Crippen molar-refractivity contribution in [3.63, 3.8) is 0 Å². The average molecular weight is 239 g/mol. The second-order valence-electron chi connectivity index (χ2n) is 4.95. The number of amides is 2. The van der Waals surface area contributed by atoms with E-state index in [1.54, 1.807) is 0 Å². The quantitative estimate of drug-likeness (QED) is 0.697. The van der Waals surface area contributed by atoms with Gasteiger partial charge in [0.2, 0.25) is 11.8 Å². The molecule has 2 unspecified atom stereocenters. The molecule has 0 bridgehead atoms. The summed E-state index contributed by atoms with van der Waals surface area (Å²) >= 11 is 0. The first kappa shape index (κ1) is 12.4. The molecule has 96 valence electrons. The lowest BCUT2D eigenvalue weighted by Crippen LogP contribution is -2.50. The normalized spacial score (nSPS) is 29.9. The molecular formula is C12H21N3O2. The van der Waals surface area contributed by atoms with E-state index in [1.807, 2.05) is 11.9 Å². The van der Waals surface area contributed by atoms with Gasteiger partial charge in [0.15, 0.2) is 0 Å². The van der Waals surface area contributed by atoms with Gasteiger partial charge in [-0.25, -0.2) is 0 Å². The van der Waals surface area contributed by atoms with E-state index in [2.05, 4.69) is 10.6 Å². The van der Waals surface area contributed by atoms with Crippen LogP contribution in [-0.4, -0.2) is 49.4 Å². The molecule has 17 heavy (non-hydrogen) atoms. The van der Waals surface area contributed by atoms with Crippen LogP contribution in [0, 0.1) is 5.92 Å². The zero-order chi connectivity index (χ0) is 12.3. The largest absolute Gasteiger partial charge is 0.356 e. The Balaban J connectivity index is 1.92. The van der Waals surface area contributed by atoms with Gasteiger partial charge in [0.1, 0.15) is 0 Å². The van der Waals surface area contributed by atoms with Gasteiger partial charge in [-0.3, -0.25) is 9.59 Å². The first-order valence-electron chi connectivity index (χ1n) is 6.43. The molecule has 2 fully saturated rings. The second-order valence-corrected chi connectivity index (χ2v) is 4.95. The van der Waals surface area contributed by atoms with Crippen molar-refractivity contribution in [3.8, 4) is 0 Å². The summed E-state index contributed by atoms with van der Waals surface area (Å²) in [6, 6.07) is 0.408. The molecule has 5 heteroatoms. The van der Waals surface area contributed by atoms with Gasteiger partial charge >= 0.3 is 0 Å². The molecule has 0 spiro atoms. The fraction of sp³-hybridized carbons (Fsp3) is 0.833. The number of carbonyl (C=O) groups excluding carboxylic acids is 2. The van der Waals surface area contributed by atoms with Crippen molar-refractivity contribution < 1.29 is 9.59 Å². The number of nitrogens with zero attached hydrogens (tertiary/aromatic N) is 1. The number of hydrogen-bond acceptors (Lipinski definition) is 3. The summed E-state index contributed by atoms with van der Waals surface area (Å²) in [5.41, 5.74) is 0. The molecule has 0 aromatic carbocycles. The number of likely N-dealkylation sites (N-methyl/N-ethyl adjacent to an activating group) is 1. The summed E-state index contributed by atoms with van der Waals surface area (Å²) in [4.78, 5) is 25.5. The molecule has 5 nitrogen and oxygen atoms in total. The van der Waals surface area contributed by atoms with Crippen molar-refractivity contribution in [2.75, 3.05) is 26.7 Å². The standard InChI is InChI=1S/C12H21N3O2/c1-13-10-3-2-6-15(8-10)12(17)9-4-5-14-11(16)7-9/h9-10,13H,2-8H2,1H3,(H,14,16). The number of piperidine rings is 2. The fourth-order valence-corrected chi connectivity index (χ4v) is 2.67. The number of carbonyl (C=O) groups is 2. The average Bonchev–Trinajstić information content (AvgIpc) is 2.38. The Hall–Kier alpha value is -1.10. The minimum atomic E-state index is -0.0978. The molecular weight excluding hydrogens is 218 g/mol. The van der Waals surface area contributed by atoms with Crippen LogP contribution in [-0.2, 0) is 9.59 Å². The molecule has 2 rings (SSSR count). The molecule has 2 amide bonds. The highest BCUT2D eigenvalue weighted by molar-refractivity contribution is 5.87. The molecule has 0 aliphatic carbocycles. The minimum absolute atomic E-state index is 0.0109. The second kappa shape index (κ2) is 5.49. The van der Waals surface area contributed by atoms with Crippen molar-refractivity contribution in [3.05, 3.63) is 0 Å². The maximum Gasteiger partial charge on any atom is 0.226 e. The van der Waals surface area contributed by atoms with Crippen LogP contribution in [0.2, 0.25) is 0 Å². The highest BCUT2D eigenvalue weighted by atomic mass is 16.2. The number of likely N-dealkylation sites (tertiary alicyclic amines) is 1. The number of hydrogen-bond donors (Lipinski definition) is 2. The summed E-state index contributed by atoms with van der Waals surface area (Å²) in [6.45, 7) is 2.27. The maximum atomic E-state index is 12.3. The third-order valence-corrected chi connectivity index (χ3v) is 3.74. The SMILES string of the molecule is CNC1CCCN(C(=O)C2CCNC(=O)C2)C1. The van der Waals surface area contributed by atoms with Crippen molar-refractivity contribution in [1.82, 2.24) is 15.5 Å². The molecule has 2 aliphatic rings. The van der Waals surface area contributed by atoms with E-state index < -0.39 is 0 Å². The molecule has 2 aliphatic heterocycles. The van der Waals surface area contributed by atoms with E-state index in [-0.39, 0.29) is 17.7 Å². The number of rotatable bonds is 2. The molecule has 0 aromatic rings. The van der Waals surface area contributed by atoms with Gasteiger partial charge in [-0.05, 0) is 26.3 Å². The lowest BCUT2D eigenvalue weighted by molar-refractivity contribution is -0.141. The Bertz CT molecular complexity index is 306. The van der Waals surface area contributed by atoms with Crippen LogP contribution in [0.25, 0.3) is 0 Å². The van der Waals surface area contributed by atoms with Crippen LogP contribution in [0.4, 0.5) is 0 Å². The van der Waals surface area contributed by atoms with Crippen molar-refractivity contribution in [2.45, 2.75) is 31.7 Å². The van der Waals surface area contributed by atoms with Gasteiger partial charge in [-0.15, -0.1) is 0 Å². The van der Waals surface area contributed by atoms with E-state index in [0.29, 0.717) is 19.0 Å². The molecule has 2 atom stereocenters. The van der Waals surface area contributed by atoms with E-state index in [4.69, 9.17) is 0 Å². The van der Waals surface area contributed by atoms with Crippen molar-refractivity contribution >= 4 is 11.8 Å². The highest BCUT2D eigenvalue weighted by Gasteiger charge is 2.31. The predicted octanol–water partition coefficient (Wildman–Crippen LogP) is -0.277. The fourth-order valence-electron chi connectivity index (χ4n) is 2.67. The van der Waals surface area contributed by atoms with Crippen LogP contribution in [0.3, 0.4) is 0 Å². The smallest absolute Gasteiger partial charge is 0.226 e. The molecule has 2 N–H and O–H groups in total. The number of nitrogens with one attached hydrogen (secondary N) is 2. The Kier molecular flexibility index (Phi) is 3.99. The Morgan fingerprint density at radius 2 is 2.29 bits per heavy atom. The lowest BCUT2D eigenvalue weighted by atomic mass is 9.94. The van der Waals surface area contributed by atoms with Crippen molar-refractivity contribution in [2.24, 2.45) is 5.92 Å². The highest BCUT2D eigenvalue weighted by Crippen LogP contribution is 2.19. The first-order chi connectivity index (χ1) is 8.20. The van der Waals surface area contributed by atoms with Gasteiger partial charge in [0, 0.05) is 38.0 Å². The zero-order valence-corrected chi connectivity index (χ0v) is 10.4. The monoisotopic (exact) mass is 239 g/mol. The lowest BCUT2D eigenvalue weighted by Gasteiger charge is -2.35. The molecule has 2 saturated heterocycles. The molecule has 0 aromatic heterocycles. The Morgan fingerprint density at radius 3 is 3.00 bits per heavy atom. The van der Waals surface area contributed by atoms with Crippen LogP contribution < -0.4 is 10.6 Å². The maximum absolute atomic E-state index is 12.3. The van der Waals surface area contributed by atoms with E-state index in [0.717, 1.165) is 32.4 Å². The Morgan fingerprint density at radius 1 is 1.47 bits per heavy atom. The molecule has 2 heterocycles. The van der Waals surface area contributed by atoms with Crippen LogP contribution in [0.15, 0.2) is 0 Å². The van der Waals surface area contributed by atoms with E-state index in [9.17, 15) is 9.59 Å². The van der Waals surface area contributed by atoms with Crippen LogP contribution in [0.5, 0.6) is 0 Å². The molecule has 0 radical (unpaired) electrons. The van der Waals surface area contributed by atoms with Gasteiger partial charge in [-0.1, -0.05) is 0 Å². The molecule has 0 saturated carbocycles. The van der Waals surface area contributed by atoms with Gasteiger partial charge in [-0.2, -0.15) is 0 Å². The minimum Gasteiger partial charge on any atom is -0.356 e. The van der Waals surface area contributed by atoms with Crippen LogP contribution in [0.1, 0.15) is 25.7 Å². The van der Waals surface area contributed by atoms with Gasteiger partial charge in [0.25, 0.3) is 0 Å². The third kappa shape index (κ3) is 2.97. The summed E-state index contributed by atoms with van der Waals surface area (Å²) < 4.78 is 0. The topological polar surface area (TPSA) is 61.4 Å².